The molecule has 0 atom stereocenters. The Kier molecular flexibility index (Phi) is 5.51. The van der Waals surface area contributed by atoms with Gasteiger partial charge < -0.3 is 5.11 Å². The molecule has 0 saturated carbocycles. The first-order chi connectivity index (χ1) is 15.1. The third-order valence-corrected chi connectivity index (χ3v) is 6.79. The van der Waals surface area contributed by atoms with E-state index in [1.165, 1.54) is 46.7 Å². The maximum Gasteiger partial charge on any atom is 0.335 e. The Morgan fingerprint density at radius 3 is 2.50 bits per heavy atom. The molecule has 8 nitrogen and oxygen atoms in total. The molecule has 0 spiro atoms. The van der Waals surface area contributed by atoms with Gasteiger partial charge in [0.1, 0.15) is 0 Å². The smallest absolute Gasteiger partial charge is 0.335 e. The summed E-state index contributed by atoms with van der Waals surface area (Å²) in [6.07, 6.45) is 1.73. The van der Waals surface area contributed by atoms with Crippen LogP contribution in [-0.2, 0) is 14.8 Å². The number of rotatable bonds is 5. The molecule has 32 heavy (non-hydrogen) atoms. The van der Waals surface area contributed by atoms with Crippen molar-refractivity contribution in [3.05, 3.63) is 76.7 Å². The fourth-order valence-electron chi connectivity index (χ4n) is 3.17. The summed E-state index contributed by atoms with van der Waals surface area (Å²) in [6.45, 7) is 1.72. The highest BCUT2D eigenvalue weighted by atomic mass is 32.2. The molecule has 0 unspecified atom stereocenters. The first-order valence-electron chi connectivity index (χ1n) is 9.31. The van der Waals surface area contributed by atoms with E-state index in [1.54, 1.807) is 25.1 Å². The quantitative estimate of drug-likeness (QED) is 0.554. The molecule has 4 rings (SSSR count). The number of primary sulfonamides is 1. The van der Waals surface area contributed by atoms with Crippen LogP contribution < -0.4 is 10.1 Å². The number of sulfonamides is 1. The zero-order chi connectivity index (χ0) is 23.0. The highest BCUT2D eigenvalue weighted by molar-refractivity contribution is 7.89. The maximum absolute atomic E-state index is 12.9. The Bertz CT molecular complexity index is 1400. The van der Waals surface area contributed by atoms with Crippen molar-refractivity contribution >= 4 is 50.7 Å². The van der Waals surface area contributed by atoms with Gasteiger partial charge in [-0.2, -0.15) is 10.1 Å². The third kappa shape index (κ3) is 4.24. The summed E-state index contributed by atoms with van der Waals surface area (Å²) in [6, 6.07) is 15.9. The molecular weight excluding hydrogens is 450 g/mol. The van der Waals surface area contributed by atoms with E-state index >= 15 is 0 Å². The van der Waals surface area contributed by atoms with E-state index in [9.17, 15) is 23.1 Å². The number of hydrogen-bond donors (Lipinski definition) is 2. The topological polar surface area (TPSA) is 130 Å². The lowest BCUT2D eigenvalue weighted by Gasteiger charge is -2.12. The van der Waals surface area contributed by atoms with E-state index in [4.69, 9.17) is 5.14 Å². The standard InChI is InChI=1S/C22H17N3O5S2/c1-13-19(21(26)25(24-13)16-5-8-18(9-6-16)32(23,29)30)12-17-7-10-20(31-17)14-3-2-4-15(11-14)22(27)28/h2-12H,1H3,(H,27,28)(H2,23,29,30)/b19-12-. The maximum atomic E-state index is 12.9. The molecule has 0 fully saturated rings. The summed E-state index contributed by atoms with van der Waals surface area (Å²) in [5, 5.41) is 19.8. The van der Waals surface area contributed by atoms with Crippen LogP contribution in [0.5, 0.6) is 0 Å². The number of aromatic carboxylic acids is 1. The molecule has 0 radical (unpaired) electrons. The first-order valence-corrected chi connectivity index (χ1v) is 11.7. The fourth-order valence-corrected chi connectivity index (χ4v) is 4.63. The SMILES string of the molecule is CC1=NN(c2ccc(S(N)(=O)=O)cc2)C(=O)/C1=C\c1ccc(-c2cccc(C(=O)O)c2)s1. The summed E-state index contributed by atoms with van der Waals surface area (Å²) in [7, 11) is -3.83. The van der Waals surface area contributed by atoms with Crippen LogP contribution in [0.2, 0.25) is 0 Å². The van der Waals surface area contributed by atoms with Crippen molar-refractivity contribution in [1.29, 1.82) is 0 Å². The Morgan fingerprint density at radius 2 is 1.84 bits per heavy atom. The van der Waals surface area contributed by atoms with Crippen LogP contribution in [0, 0.1) is 0 Å². The Balaban J connectivity index is 1.60. The lowest BCUT2D eigenvalue weighted by atomic mass is 10.1. The largest absolute Gasteiger partial charge is 0.478 e. The summed E-state index contributed by atoms with van der Waals surface area (Å²) in [5.41, 5.74) is 2.33. The molecule has 0 aliphatic carbocycles. The van der Waals surface area contributed by atoms with Crippen LogP contribution in [0.3, 0.4) is 0 Å². The van der Waals surface area contributed by atoms with Crippen LogP contribution in [0.25, 0.3) is 16.5 Å². The van der Waals surface area contributed by atoms with Crippen molar-refractivity contribution in [2.24, 2.45) is 10.2 Å². The van der Waals surface area contributed by atoms with Gasteiger partial charge in [0.2, 0.25) is 10.0 Å². The number of nitrogens with zero attached hydrogens (tertiary/aromatic N) is 2. The molecule has 0 bridgehead atoms. The van der Waals surface area contributed by atoms with Gasteiger partial charge >= 0.3 is 5.97 Å². The minimum Gasteiger partial charge on any atom is -0.478 e. The number of amides is 1. The predicted molar refractivity (Wildman–Crippen MR) is 123 cm³/mol. The molecule has 10 heteroatoms. The number of nitrogens with two attached hydrogens (primary N) is 1. The van der Waals surface area contributed by atoms with Crippen molar-refractivity contribution in [3.63, 3.8) is 0 Å². The van der Waals surface area contributed by atoms with E-state index in [0.29, 0.717) is 17.0 Å². The summed E-state index contributed by atoms with van der Waals surface area (Å²) >= 11 is 1.42. The number of anilines is 1. The van der Waals surface area contributed by atoms with Crippen molar-refractivity contribution in [2.75, 3.05) is 5.01 Å². The van der Waals surface area contributed by atoms with Gasteiger partial charge in [-0.25, -0.2) is 18.4 Å². The Hall–Kier alpha value is -3.60. The number of thiophene rings is 1. The second kappa shape index (κ2) is 8.15. The van der Waals surface area contributed by atoms with Crippen molar-refractivity contribution in [1.82, 2.24) is 0 Å². The first kappa shape index (κ1) is 21.6. The second-order valence-electron chi connectivity index (χ2n) is 6.99. The van der Waals surface area contributed by atoms with Crippen LogP contribution in [0.1, 0.15) is 22.2 Å². The van der Waals surface area contributed by atoms with Gasteiger partial charge in [0.05, 0.1) is 27.4 Å². The molecule has 2 aromatic carbocycles. The molecule has 162 valence electrons. The van der Waals surface area contributed by atoms with E-state index < -0.39 is 16.0 Å². The molecule has 1 amide bonds. The monoisotopic (exact) mass is 467 g/mol. The zero-order valence-electron chi connectivity index (χ0n) is 16.7. The summed E-state index contributed by atoms with van der Waals surface area (Å²) in [4.78, 5) is 25.8. The van der Waals surface area contributed by atoms with Gasteiger partial charge in [0, 0.05) is 9.75 Å². The highest BCUT2D eigenvalue weighted by Crippen LogP contribution is 2.32. The molecule has 1 aliphatic rings. The number of carboxylic acid groups (broad SMARTS) is 1. The summed E-state index contributed by atoms with van der Waals surface area (Å²) in [5.74, 6) is -1.33. The van der Waals surface area contributed by atoms with Gasteiger partial charge in [-0.15, -0.1) is 11.3 Å². The van der Waals surface area contributed by atoms with E-state index in [2.05, 4.69) is 5.10 Å². The minimum absolute atomic E-state index is 0.0533. The third-order valence-electron chi connectivity index (χ3n) is 4.78. The van der Waals surface area contributed by atoms with Gasteiger partial charge in [0.15, 0.2) is 0 Å². The van der Waals surface area contributed by atoms with Gasteiger partial charge in [-0.1, -0.05) is 12.1 Å². The van der Waals surface area contributed by atoms with Crippen LogP contribution >= 0.6 is 11.3 Å². The molecule has 0 saturated heterocycles. The lowest BCUT2D eigenvalue weighted by molar-refractivity contribution is -0.114. The number of carboxylic acids is 1. The average Bonchev–Trinajstić information content (AvgIpc) is 3.34. The van der Waals surface area contributed by atoms with Crippen LogP contribution in [-0.4, -0.2) is 31.1 Å². The molecule has 3 aromatic rings. The molecule has 1 aromatic heterocycles. The van der Waals surface area contributed by atoms with E-state index in [-0.39, 0.29) is 16.4 Å². The van der Waals surface area contributed by atoms with Gasteiger partial charge in [-0.3, -0.25) is 4.79 Å². The van der Waals surface area contributed by atoms with Crippen molar-refractivity contribution in [2.45, 2.75) is 11.8 Å². The number of benzene rings is 2. The van der Waals surface area contributed by atoms with Gasteiger partial charge in [0.25, 0.3) is 5.91 Å². The van der Waals surface area contributed by atoms with E-state index in [1.807, 2.05) is 18.2 Å². The number of hydrazone groups is 1. The van der Waals surface area contributed by atoms with Crippen LogP contribution in [0.4, 0.5) is 5.69 Å². The molecular formula is C22H17N3O5S2. The number of carbonyl (C=O) groups excluding carboxylic acids is 1. The van der Waals surface area contributed by atoms with E-state index in [0.717, 1.165) is 15.3 Å². The minimum atomic E-state index is -3.83. The van der Waals surface area contributed by atoms with Gasteiger partial charge in [-0.05, 0) is 67.1 Å². The average molecular weight is 468 g/mol. The number of carbonyl (C=O) groups is 2. The number of hydrogen-bond acceptors (Lipinski definition) is 6. The van der Waals surface area contributed by atoms with Crippen LogP contribution in [0.15, 0.2) is 76.2 Å². The second-order valence-corrected chi connectivity index (χ2v) is 9.66. The fraction of sp³-hybridized carbons (Fsp3) is 0.0455. The summed E-state index contributed by atoms with van der Waals surface area (Å²) < 4.78 is 22.9. The van der Waals surface area contributed by atoms with Crippen molar-refractivity contribution in [3.8, 4) is 10.4 Å². The zero-order valence-corrected chi connectivity index (χ0v) is 18.4. The Labute approximate surface area is 188 Å². The predicted octanol–water partition coefficient (Wildman–Crippen LogP) is 3.57. The molecule has 3 N–H and O–H groups in total. The Morgan fingerprint density at radius 1 is 1.12 bits per heavy atom. The molecule has 1 aliphatic heterocycles. The lowest BCUT2D eigenvalue weighted by Crippen LogP contribution is -2.21. The molecule has 2 heterocycles. The van der Waals surface area contributed by atoms with Crippen molar-refractivity contribution < 1.29 is 23.1 Å². The normalized spacial score (nSPS) is 15.3. The highest BCUT2D eigenvalue weighted by Gasteiger charge is 2.29.